The second-order valence-corrected chi connectivity index (χ2v) is 3.73. The molecule has 2 rings (SSSR count). The maximum Gasteiger partial charge on any atom is 0.151 e. The monoisotopic (exact) mass is 211 g/mol. The van der Waals surface area contributed by atoms with Crippen molar-refractivity contribution in [1.29, 1.82) is 0 Å². The lowest BCUT2D eigenvalue weighted by atomic mass is 10.0. The van der Waals surface area contributed by atoms with Gasteiger partial charge in [-0.1, -0.05) is 0 Å². The van der Waals surface area contributed by atoms with Gasteiger partial charge in [-0.3, -0.25) is 0 Å². The molecule has 0 aromatic carbocycles. The number of piperidine rings is 1. The lowest BCUT2D eigenvalue weighted by molar-refractivity contribution is 0.251. The predicted molar refractivity (Wildman–Crippen MR) is 56.1 cm³/mol. The molecule has 6 heteroatoms. The normalized spacial score (nSPS) is 26.7. The van der Waals surface area contributed by atoms with Gasteiger partial charge in [0.15, 0.2) is 5.82 Å². The van der Waals surface area contributed by atoms with Crippen molar-refractivity contribution in [3.8, 4) is 0 Å². The number of hydrogen-bond donors (Lipinski definition) is 2. The summed E-state index contributed by atoms with van der Waals surface area (Å²) in [5.74, 6) is 1.02. The summed E-state index contributed by atoms with van der Waals surface area (Å²) in [6.07, 6.45) is -0.370. The van der Waals surface area contributed by atoms with Crippen LogP contribution in [0.5, 0.6) is 0 Å². The first-order valence-electron chi connectivity index (χ1n) is 4.90. The van der Waals surface area contributed by atoms with Crippen LogP contribution in [-0.4, -0.2) is 35.5 Å². The number of hydrogen-bond acceptors (Lipinski definition) is 5. The Labute approximate surface area is 87.3 Å². The summed E-state index contributed by atoms with van der Waals surface area (Å²) < 4.78 is 13.4. The van der Waals surface area contributed by atoms with Crippen LogP contribution in [0.2, 0.25) is 0 Å². The van der Waals surface area contributed by atoms with Gasteiger partial charge >= 0.3 is 0 Å². The molecule has 15 heavy (non-hydrogen) atoms. The molecule has 82 valence electrons. The lowest BCUT2D eigenvalue weighted by Crippen LogP contribution is -2.48. The fourth-order valence-corrected chi connectivity index (χ4v) is 1.64. The van der Waals surface area contributed by atoms with Crippen LogP contribution in [0.3, 0.4) is 0 Å². The summed E-state index contributed by atoms with van der Waals surface area (Å²) >= 11 is 0. The maximum atomic E-state index is 13.4. The summed E-state index contributed by atoms with van der Waals surface area (Å²) in [6, 6.07) is 3.04. The van der Waals surface area contributed by atoms with Crippen LogP contribution >= 0.6 is 0 Å². The number of anilines is 2. The third kappa shape index (κ3) is 2.15. The molecule has 0 spiro atoms. The molecule has 0 saturated carbocycles. The zero-order valence-electron chi connectivity index (χ0n) is 8.31. The molecule has 0 radical (unpaired) electrons. The minimum absolute atomic E-state index is 0.278. The van der Waals surface area contributed by atoms with Crippen LogP contribution < -0.4 is 16.4 Å². The number of aromatic nitrogens is 2. The highest BCUT2D eigenvalue weighted by Crippen LogP contribution is 2.18. The molecule has 0 unspecified atom stereocenters. The summed E-state index contributed by atoms with van der Waals surface area (Å²) in [6.45, 7) is 0.986. The Morgan fingerprint density at radius 3 is 2.80 bits per heavy atom. The predicted octanol–water partition coefficient (Wildman–Crippen LogP) is -0.0657. The lowest BCUT2D eigenvalue weighted by Gasteiger charge is -2.33. The van der Waals surface area contributed by atoms with Gasteiger partial charge in [0, 0.05) is 12.6 Å². The van der Waals surface area contributed by atoms with Gasteiger partial charge in [-0.05, 0) is 18.6 Å². The highest BCUT2D eigenvalue weighted by molar-refractivity contribution is 5.42. The van der Waals surface area contributed by atoms with Crippen molar-refractivity contribution < 1.29 is 4.39 Å². The first kappa shape index (κ1) is 10.1. The molecule has 1 fully saturated rings. The molecule has 0 amide bonds. The van der Waals surface area contributed by atoms with Crippen molar-refractivity contribution in [2.45, 2.75) is 18.6 Å². The molecular weight excluding hydrogens is 197 g/mol. The topological polar surface area (TPSA) is 81.1 Å². The molecule has 4 N–H and O–H groups in total. The largest absolute Gasteiger partial charge is 0.382 e. The standard InChI is InChI=1S/C9H14FN5/c10-6-5-15(4-3-7(6)11)9-2-1-8(12)13-14-9/h1-2,6-7H,3-5,11H2,(H2,12,13)/t6-,7+/m0/s1. The molecule has 1 aliphatic heterocycles. The van der Waals surface area contributed by atoms with Gasteiger partial charge in [-0.2, -0.15) is 0 Å². The van der Waals surface area contributed by atoms with Gasteiger partial charge in [0.2, 0.25) is 0 Å². The Bertz CT molecular complexity index is 328. The summed E-state index contributed by atoms with van der Waals surface area (Å²) in [7, 11) is 0. The Morgan fingerprint density at radius 1 is 1.40 bits per heavy atom. The molecule has 5 nitrogen and oxygen atoms in total. The SMILES string of the molecule is Nc1ccc(N2CC[C@@H](N)[C@@H](F)C2)nn1. The fourth-order valence-electron chi connectivity index (χ4n) is 1.64. The van der Waals surface area contributed by atoms with E-state index in [0.29, 0.717) is 24.6 Å². The zero-order valence-corrected chi connectivity index (χ0v) is 8.31. The van der Waals surface area contributed by atoms with Gasteiger partial charge in [0.05, 0.1) is 6.54 Å². The second-order valence-electron chi connectivity index (χ2n) is 3.73. The molecule has 2 atom stereocenters. The fraction of sp³-hybridized carbons (Fsp3) is 0.556. The minimum Gasteiger partial charge on any atom is -0.382 e. The van der Waals surface area contributed by atoms with Crippen molar-refractivity contribution in [2.75, 3.05) is 23.7 Å². The van der Waals surface area contributed by atoms with E-state index >= 15 is 0 Å². The van der Waals surface area contributed by atoms with E-state index in [0.717, 1.165) is 0 Å². The van der Waals surface area contributed by atoms with Gasteiger partial charge in [-0.25, -0.2) is 4.39 Å². The second kappa shape index (κ2) is 3.98. The minimum atomic E-state index is -1.00. The smallest absolute Gasteiger partial charge is 0.151 e. The number of nitrogens with zero attached hydrogens (tertiary/aromatic N) is 3. The highest BCUT2D eigenvalue weighted by Gasteiger charge is 2.26. The van der Waals surface area contributed by atoms with E-state index in [2.05, 4.69) is 10.2 Å². The van der Waals surface area contributed by atoms with Crippen molar-refractivity contribution in [3.05, 3.63) is 12.1 Å². The van der Waals surface area contributed by atoms with Crippen molar-refractivity contribution in [1.82, 2.24) is 10.2 Å². The Hall–Kier alpha value is -1.43. The van der Waals surface area contributed by atoms with Crippen LogP contribution in [0.15, 0.2) is 12.1 Å². The Balaban J connectivity index is 2.08. The third-order valence-electron chi connectivity index (χ3n) is 2.59. The van der Waals surface area contributed by atoms with Crippen LogP contribution in [0.4, 0.5) is 16.0 Å². The van der Waals surface area contributed by atoms with Crippen LogP contribution in [-0.2, 0) is 0 Å². The average molecular weight is 211 g/mol. The summed E-state index contributed by atoms with van der Waals surface area (Å²) in [5, 5.41) is 7.64. The molecule has 2 heterocycles. The van der Waals surface area contributed by atoms with Gasteiger partial charge in [0.25, 0.3) is 0 Å². The van der Waals surface area contributed by atoms with E-state index in [1.165, 1.54) is 0 Å². The summed E-state index contributed by atoms with van der Waals surface area (Å²) in [4.78, 5) is 1.83. The van der Waals surface area contributed by atoms with E-state index < -0.39 is 6.17 Å². The van der Waals surface area contributed by atoms with Gasteiger partial charge in [0.1, 0.15) is 12.0 Å². The number of rotatable bonds is 1. The van der Waals surface area contributed by atoms with Crippen LogP contribution in [0, 0.1) is 0 Å². The number of alkyl halides is 1. The molecule has 0 aliphatic carbocycles. The summed E-state index contributed by atoms with van der Waals surface area (Å²) in [5.41, 5.74) is 11.0. The third-order valence-corrected chi connectivity index (χ3v) is 2.59. The van der Waals surface area contributed by atoms with E-state index in [4.69, 9.17) is 11.5 Å². The Kier molecular flexibility index (Phi) is 2.68. The van der Waals surface area contributed by atoms with E-state index in [9.17, 15) is 4.39 Å². The number of nitrogen functional groups attached to an aromatic ring is 1. The molecule has 1 aliphatic rings. The first-order chi connectivity index (χ1) is 7.16. The zero-order chi connectivity index (χ0) is 10.8. The quantitative estimate of drug-likeness (QED) is 0.679. The highest BCUT2D eigenvalue weighted by atomic mass is 19.1. The van der Waals surface area contributed by atoms with Gasteiger partial charge in [-0.15, -0.1) is 10.2 Å². The molecule has 0 bridgehead atoms. The Morgan fingerprint density at radius 2 is 2.20 bits per heavy atom. The van der Waals surface area contributed by atoms with Gasteiger partial charge < -0.3 is 16.4 Å². The number of halogens is 1. The molecule has 1 aromatic heterocycles. The first-order valence-corrected chi connectivity index (χ1v) is 4.90. The molecule has 1 aromatic rings. The molecular formula is C9H14FN5. The molecule has 1 saturated heterocycles. The van der Waals surface area contributed by atoms with E-state index in [1.54, 1.807) is 12.1 Å². The van der Waals surface area contributed by atoms with Crippen molar-refractivity contribution >= 4 is 11.6 Å². The van der Waals surface area contributed by atoms with Crippen molar-refractivity contribution in [3.63, 3.8) is 0 Å². The maximum absolute atomic E-state index is 13.4. The van der Waals surface area contributed by atoms with E-state index in [-0.39, 0.29) is 12.6 Å². The number of nitrogens with two attached hydrogens (primary N) is 2. The van der Waals surface area contributed by atoms with Crippen molar-refractivity contribution in [2.24, 2.45) is 5.73 Å². The average Bonchev–Trinajstić information content (AvgIpc) is 2.23. The van der Waals surface area contributed by atoms with Crippen LogP contribution in [0.25, 0.3) is 0 Å². The van der Waals surface area contributed by atoms with E-state index in [1.807, 2.05) is 4.90 Å². The van der Waals surface area contributed by atoms with Crippen LogP contribution in [0.1, 0.15) is 6.42 Å².